The number of anilines is 1. The molecule has 0 saturated carbocycles. The number of aromatic nitrogens is 1. The van der Waals surface area contributed by atoms with Gasteiger partial charge in [0, 0.05) is 40.4 Å². The van der Waals surface area contributed by atoms with E-state index in [4.69, 9.17) is 26.8 Å². The Morgan fingerprint density at radius 1 is 1.15 bits per heavy atom. The number of methoxy groups -OCH3 is 2. The molecular weight excluding hydrogens is 352 g/mol. The maximum Gasteiger partial charge on any atom is 0.193 e. The van der Waals surface area contributed by atoms with Crippen LogP contribution in [0.4, 0.5) is 5.69 Å². The zero-order valence-corrected chi connectivity index (χ0v) is 15.4. The Hall–Kier alpha value is -2.86. The minimum absolute atomic E-state index is 0.343. The number of H-pyrrole nitrogens is 1. The molecule has 0 aliphatic heterocycles. The van der Waals surface area contributed by atoms with Crippen LogP contribution in [0.15, 0.2) is 47.6 Å². The average molecular weight is 373 g/mol. The number of hydrogen-bond donors (Lipinski definition) is 3. The van der Waals surface area contributed by atoms with E-state index < -0.39 is 0 Å². The molecule has 0 spiro atoms. The Labute approximate surface area is 157 Å². The van der Waals surface area contributed by atoms with E-state index in [1.807, 2.05) is 42.6 Å². The number of nitrogens with one attached hydrogen (secondary N) is 2. The van der Waals surface area contributed by atoms with Crippen LogP contribution >= 0.6 is 11.6 Å². The number of guanidine groups is 1. The summed E-state index contributed by atoms with van der Waals surface area (Å²) in [6.07, 6.45) is 2.74. The first-order valence-corrected chi connectivity index (χ1v) is 8.53. The molecule has 0 amide bonds. The second-order valence-corrected chi connectivity index (χ2v) is 6.15. The smallest absolute Gasteiger partial charge is 0.193 e. The van der Waals surface area contributed by atoms with Crippen molar-refractivity contribution in [3.05, 3.63) is 53.2 Å². The molecule has 0 bridgehead atoms. The topological polar surface area (TPSA) is 84.7 Å². The van der Waals surface area contributed by atoms with Gasteiger partial charge >= 0.3 is 0 Å². The molecule has 3 aromatic rings. The second kappa shape index (κ2) is 8.01. The molecule has 26 heavy (non-hydrogen) atoms. The van der Waals surface area contributed by atoms with E-state index in [-0.39, 0.29) is 0 Å². The Kier molecular flexibility index (Phi) is 5.53. The van der Waals surface area contributed by atoms with Crippen molar-refractivity contribution in [3.8, 4) is 11.5 Å². The number of aromatic amines is 1. The van der Waals surface area contributed by atoms with Crippen molar-refractivity contribution < 1.29 is 9.47 Å². The van der Waals surface area contributed by atoms with Gasteiger partial charge in [-0.25, -0.2) is 0 Å². The molecule has 0 radical (unpaired) electrons. The highest BCUT2D eigenvalue weighted by Crippen LogP contribution is 2.29. The largest absolute Gasteiger partial charge is 0.493 e. The lowest BCUT2D eigenvalue weighted by Gasteiger charge is -2.10. The fourth-order valence-corrected chi connectivity index (χ4v) is 2.93. The molecule has 136 valence electrons. The van der Waals surface area contributed by atoms with Crippen LogP contribution in [0, 0.1) is 0 Å². The van der Waals surface area contributed by atoms with Crippen molar-refractivity contribution in [1.82, 2.24) is 4.98 Å². The Morgan fingerprint density at radius 2 is 1.96 bits per heavy atom. The van der Waals surface area contributed by atoms with Crippen LogP contribution in [0.3, 0.4) is 0 Å². The second-order valence-electron chi connectivity index (χ2n) is 5.72. The van der Waals surface area contributed by atoms with E-state index in [0.717, 1.165) is 33.6 Å². The van der Waals surface area contributed by atoms with E-state index in [1.54, 1.807) is 14.2 Å². The van der Waals surface area contributed by atoms with Gasteiger partial charge < -0.3 is 25.5 Å². The molecule has 6 nitrogen and oxygen atoms in total. The maximum atomic E-state index is 6.08. The molecule has 0 aliphatic rings. The van der Waals surface area contributed by atoms with Gasteiger partial charge in [0.15, 0.2) is 17.5 Å². The summed E-state index contributed by atoms with van der Waals surface area (Å²) in [4.78, 5) is 7.62. The van der Waals surface area contributed by atoms with Crippen LogP contribution in [0.2, 0.25) is 5.02 Å². The molecule has 0 aliphatic carbocycles. The van der Waals surface area contributed by atoms with Gasteiger partial charge in [-0.15, -0.1) is 0 Å². The van der Waals surface area contributed by atoms with Crippen molar-refractivity contribution >= 4 is 34.2 Å². The molecule has 1 heterocycles. The fourth-order valence-electron chi connectivity index (χ4n) is 2.76. The number of nitrogens with zero attached hydrogens (tertiary/aromatic N) is 1. The van der Waals surface area contributed by atoms with Gasteiger partial charge in [0.05, 0.1) is 14.2 Å². The first-order valence-electron chi connectivity index (χ1n) is 8.15. The SMILES string of the molecule is COc1ccc(NC(N)=NCCc2c[nH]c3ccc(Cl)cc23)cc1OC. The van der Waals surface area contributed by atoms with Gasteiger partial charge in [-0.3, -0.25) is 4.99 Å². The zero-order valence-electron chi connectivity index (χ0n) is 14.7. The van der Waals surface area contributed by atoms with Gasteiger partial charge in [-0.2, -0.15) is 0 Å². The molecule has 3 rings (SSSR count). The summed E-state index contributed by atoms with van der Waals surface area (Å²) in [7, 11) is 3.19. The summed E-state index contributed by atoms with van der Waals surface area (Å²) in [6.45, 7) is 0.561. The Morgan fingerprint density at radius 3 is 2.73 bits per heavy atom. The van der Waals surface area contributed by atoms with E-state index in [0.29, 0.717) is 24.0 Å². The first-order chi connectivity index (χ1) is 12.6. The predicted octanol–water partition coefficient (Wildman–Crippen LogP) is 3.81. The molecule has 0 saturated heterocycles. The third kappa shape index (κ3) is 4.03. The van der Waals surface area contributed by atoms with Crippen LogP contribution < -0.4 is 20.5 Å². The number of benzene rings is 2. The van der Waals surface area contributed by atoms with Gasteiger partial charge in [0.1, 0.15) is 0 Å². The molecule has 7 heteroatoms. The van der Waals surface area contributed by atoms with Crippen molar-refractivity contribution in [2.45, 2.75) is 6.42 Å². The number of aliphatic imine (C=N–C) groups is 1. The minimum atomic E-state index is 0.343. The van der Waals surface area contributed by atoms with Crippen LogP contribution in [0.5, 0.6) is 11.5 Å². The lowest BCUT2D eigenvalue weighted by molar-refractivity contribution is 0.355. The standard InChI is InChI=1S/C19H21ClN4O2/c1-25-17-6-4-14(10-18(17)26-2)24-19(21)22-8-7-12-11-23-16-5-3-13(20)9-15(12)16/h3-6,9-11,23H,7-8H2,1-2H3,(H3,21,22,24). The fraction of sp³-hybridized carbons (Fsp3) is 0.211. The predicted molar refractivity (Wildman–Crippen MR) is 107 cm³/mol. The monoisotopic (exact) mass is 372 g/mol. The lowest BCUT2D eigenvalue weighted by Crippen LogP contribution is -2.23. The number of fused-ring (bicyclic) bond motifs is 1. The normalized spacial score (nSPS) is 11.6. The number of nitrogens with two attached hydrogens (primary N) is 1. The van der Waals surface area contributed by atoms with Crippen molar-refractivity contribution in [1.29, 1.82) is 0 Å². The molecule has 0 unspecified atom stereocenters. The number of hydrogen-bond acceptors (Lipinski definition) is 3. The number of rotatable bonds is 6. The lowest BCUT2D eigenvalue weighted by atomic mass is 10.1. The highest BCUT2D eigenvalue weighted by Gasteiger charge is 2.06. The molecule has 0 atom stereocenters. The van der Waals surface area contributed by atoms with E-state index >= 15 is 0 Å². The first kappa shape index (κ1) is 17.9. The summed E-state index contributed by atoms with van der Waals surface area (Å²) in [5.74, 6) is 1.63. The highest BCUT2D eigenvalue weighted by molar-refractivity contribution is 6.31. The quantitative estimate of drug-likeness (QED) is 0.453. The van der Waals surface area contributed by atoms with Crippen LogP contribution in [0.1, 0.15) is 5.56 Å². The third-order valence-electron chi connectivity index (χ3n) is 4.05. The van der Waals surface area contributed by atoms with E-state index in [9.17, 15) is 0 Å². The highest BCUT2D eigenvalue weighted by atomic mass is 35.5. The van der Waals surface area contributed by atoms with Crippen molar-refractivity contribution in [3.63, 3.8) is 0 Å². The summed E-state index contributed by atoms with van der Waals surface area (Å²) < 4.78 is 10.5. The summed E-state index contributed by atoms with van der Waals surface area (Å²) in [5.41, 5.74) is 8.98. The minimum Gasteiger partial charge on any atom is -0.493 e. The number of halogens is 1. The zero-order chi connectivity index (χ0) is 18.5. The maximum absolute atomic E-state index is 6.08. The van der Waals surface area contributed by atoms with Crippen molar-refractivity contribution in [2.24, 2.45) is 10.7 Å². The Bertz CT molecular complexity index is 936. The van der Waals surface area contributed by atoms with Crippen LogP contribution in [-0.2, 0) is 6.42 Å². The summed E-state index contributed by atoms with van der Waals surface area (Å²) in [6, 6.07) is 11.3. The van der Waals surface area contributed by atoms with E-state index in [1.165, 1.54) is 0 Å². The van der Waals surface area contributed by atoms with Crippen LogP contribution in [-0.4, -0.2) is 31.7 Å². The van der Waals surface area contributed by atoms with Gasteiger partial charge in [0.2, 0.25) is 0 Å². The Balaban J connectivity index is 1.64. The molecule has 1 aromatic heterocycles. The molecule has 2 aromatic carbocycles. The molecule has 0 fully saturated rings. The average Bonchev–Trinajstić information content (AvgIpc) is 3.03. The van der Waals surface area contributed by atoms with E-state index in [2.05, 4.69) is 15.3 Å². The van der Waals surface area contributed by atoms with Gasteiger partial charge in [-0.05, 0) is 42.3 Å². The summed E-state index contributed by atoms with van der Waals surface area (Å²) in [5, 5.41) is 4.89. The third-order valence-corrected chi connectivity index (χ3v) is 4.28. The molecule has 4 N–H and O–H groups in total. The van der Waals surface area contributed by atoms with Crippen molar-refractivity contribution in [2.75, 3.05) is 26.1 Å². The number of ether oxygens (including phenoxy) is 2. The van der Waals surface area contributed by atoms with Gasteiger partial charge in [-0.1, -0.05) is 11.6 Å². The van der Waals surface area contributed by atoms with Gasteiger partial charge in [0.25, 0.3) is 0 Å². The molecular formula is C19H21ClN4O2. The summed E-state index contributed by atoms with van der Waals surface area (Å²) >= 11 is 6.08. The van der Waals surface area contributed by atoms with Crippen LogP contribution in [0.25, 0.3) is 10.9 Å².